The maximum atomic E-state index is 12.9. The fraction of sp³-hybridized carbons (Fsp3) is 0.235. The van der Waals surface area contributed by atoms with E-state index in [2.05, 4.69) is 0 Å². The Morgan fingerprint density at radius 1 is 0.821 bits per heavy atom. The van der Waals surface area contributed by atoms with E-state index in [1.807, 2.05) is 6.07 Å². The summed E-state index contributed by atoms with van der Waals surface area (Å²) in [5.74, 6) is 0. The van der Waals surface area contributed by atoms with Crippen LogP contribution in [0.4, 0.5) is 0 Å². The van der Waals surface area contributed by atoms with Crippen LogP contribution in [-0.4, -0.2) is 51.6 Å². The maximum Gasteiger partial charge on any atom is 0.244 e. The zero-order valence-electron chi connectivity index (χ0n) is 14.4. The number of sulfonamides is 2. The summed E-state index contributed by atoms with van der Waals surface area (Å²) in [6, 6.07) is 11.9. The van der Waals surface area contributed by atoms with Crippen LogP contribution in [0.25, 0.3) is 0 Å². The number of nitrogens with zero attached hydrogens (tertiary/aromatic N) is 3. The molecule has 2 aromatic carbocycles. The lowest BCUT2D eigenvalue weighted by atomic mass is 10.2. The molecular weight excluding hydrogens is 445 g/mol. The SMILES string of the molecule is N#Cc1ccc(Cl)cc1S(=O)(=O)N1CCN(S(=O)(=O)c2ccccc2Cl)CC1. The molecular formula is C17H15Cl2N3O4S2. The predicted octanol–water partition coefficient (Wildman–Crippen LogP) is 2.56. The van der Waals surface area contributed by atoms with Gasteiger partial charge in [0.05, 0.1) is 10.6 Å². The molecule has 0 aliphatic carbocycles. The number of nitriles is 1. The number of hydrogen-bond donors (Lipinski definition) is 0. The molecule has 0 radical (unpaired) electrons. The third kappa shape index (κ3) is 3.89. The molecule has 0 N–H and O–H groups in total. The van der Waals surface area contributed by atoms with Crippen LogP contribution < -0.4 is 0 Å². The van der Waals surface area contributed by atoms with E-state index in [9.17, 15) is 22.1 Å². The van der Waals surface area contributed by atoms with Crippen LogP contribution in [0.15, 0.2) is 52.3 Å². The number of benzene rings is 2. The first-order chi connectivity index (χ1) is 13.2. The largest absolute Gasteiger partial charge is 0.244 e. The van der Waals surface area contributed by atoms with Crippen molar-refractivity contribution in [1.29, 1.82) is 5.26 Å². The Morgan fingerprint density at radius 3 is 1.89 bits per heavy atom. The lowest BCUT2D eigenvalue weighted by molar-refractivity contribution is 0.273. The summed E-state index contributed by atoms with van der Waals surface area (Å²) >= 11 is 11.9. The molecule has 1 aliphatic heterocycles. The summed E-state index contributed by atoms with van der Waals surface area (Å²) in [7, 11) is -7.83. The molecule has 0 bridgehead atoms. The molecule has 0 amide bonds. The van der Waals surface area contributed by atoms with Gasteiger partial charge in [-0.2, -0.15) is 13.9 Å². The van der Waals surface area contributed by atoms with E-state index in [-0.39, 0.29) is 51.6 Å². The number of piperazine rings is 1. The Balaban J connectivity index is 1.84. The van der Waals surface area contributed by atoms with Crippen molar-refractivity contribution < 1.29 is 16.8 Å². The van der Waals surface area contributed by atoms with Crippen LogP contribution in [0.3, 0.4) is 0 Å². The van der Waals surface area contributed by atoms with Crippen LogP contribution in [0.5, 0.6) is 0 Å². The first-order valence-electron chi connectivity index (χ1n) is 8.12. The standard InChI is InChI=1S/C17H15Cl2N3O4S2/c18-14-6-5-13(12-20)17(11-14)28(25,26)22-9-7-21(8-10-22)27(23,24)16-4-2-1-3-15(16)19/h1-6,11H,7-10H2. The molecule has 3 rings (SSSR count). The normalized spacial score (nSPS) is 16.6. The van der Waals surface area contributed by atoms with Crippen molar-refractivity contribution in [1.82, 2.24) is 8.61 Å². The van der Waals surface area contributed by atoms with Gasteiger partial charge in [0.15, 0.2) is 0 Å². The molecule has 1 heterocycles. The molecule has 1 fully saturated rings. The highest BCUT2D eigenvalue weighted by molar-refractivity contribution is 7.89. The summed E-state index contributed by atoms with van der Waals surface area (Å²) in [6.45, 7) is -0.169. The summed E-state index contributed by atoms with van der Waals surface area (Å²) in [5.41, 5.74) is -0.0180. The first kappa shape index (κ1) is 21.0. The van der Waals surface area contributed by atoms with Crippen molar-refractivity contribution in [2.75, 3.05) is 26.2 Å². The smallest absolute Gasteiger partial charge is 0.207 e. The predicted molar refractivity (Wildman–Crippen MR) is 105 cm³/mol. The van der Waals surface area contributed by atoms with Gasteiger partial charge in [-0.05, 0) is 30.3 Å². The third-order valence-corrected chi connectivity index (χ3v) is 8.91. The van der Waals surface area contributed by atoms with Crippen LogP contribution in [0.1, 0.15) is 5.56 Å². The van der Waals surface area contributed by atoms with Gasteiger partial charge >= 0.3 is 0 Å². The van der Waals surface area contributed by atoms with Crippen molar-refractivity contribution >= 4 is 43.2 Å². The lowest BCUT2D eigenvalue weighted by Gasteiger charge is -2.33. The van der Waals surface area contributed by atoms with Crippen molar-refractivity contribution in [2.45, 2.75) is 9.79 Å². The average Bonchev–Trinajstić information content (AvgIpc) is 2.68. The fourth-order valence-electron chi connectivity index (χ4n) is 2.88. The molecule has 2 aromatic rings. The second kappa shape index (κ2) is 7.99. The quantitative estimate of drug-likeness (QED) is 0.699. The summed E-state index contributed by atoms with van der Waals surface area (Å²) in [4.78, 5) is -0.209. The molecule has 0 saturated carbocycles. The van der Waals surface area contributed by atoms with Gasteiger partial charge in [-0.1, -0.05) is 35.3 Å². The fourth-order valence-corrected chi connectivity index (χ4v) is 6.63. The van der Waals surface area contributed by atoms with Gasteiger partial charge < -0.3 is 0 Å². The second-order valence-electron chi connectivity index (χ2n) is 5.99. The average molecular weight is 460 g/mol. The second-order valence-corrected chi connectivity index (χ2v) is 10.6. The number of halogens is 2. The Bertz CT molecular complexity index is 1150. The minimum Gasteiger partial charge on any atom is -0.207 e. The minimum atomic E-state index is -3.99. The van der Waals surface area contributed by atoms with E-state index < -0.39 is 20.0 Å². The molecule has 0 atom stereocenters. The van der Waals surface area contributed by atoms with Gasteiger partial charge in [0.1, 0.15) is 15.9 Å². The molecule has 11 heteroatoms. The number of hydrogen-bond acceptors (Lipinski definition) is 5. The highest BCUT2D eigenvalue weighted by Crippen LogP contribution is 2.28. The highest BCUT2D eigenvalue weighted by Gasteiger charge is 2.35. The van der Waals surface area contributed by atoms with Crippen LogP contribution >= 0.6 is 23.2 Å². The minimum absolute atomic E-state index is 0.0180. The van der Waals surface area contributed by atoms with Gasteiger partial charge in [0, 0.05) is 31.2 Å². The van der Waals surface area contributed by atoms with E-state index in [1.165, 1.54) is 34.6 Å². The van der Waals surface area contributed by atoms with E-state index in [1.54, 1.807) is 12.1 Å². The lowest BCUT2D eigenvalue weighted by Crippen LogP contribution is -2.50. The molecule has 1 aliphatic rings. The van der Waals surface area contributed by atoms with Gasteiger partial charge in [-0.25, -0.2) is 16.8 Å². The summed E-state index contributed by atoms with van der Waals surface area (Å²) in [5, 5.41) is 9.49. The summed E-state index contributed by atoms with van der Waals surface area (Å²) in [6.07, 6.45) is 0. The Morgan fingerprint density at radius 2 is 1.36 bits per heavy atom. The van der Waals surface area contributed by atoms with Crippen molar-refractivity contribution in [2.24, 2.45) is 0 Å². The Kier molecular flexibility index (Phi) is 6.00. The first-order valence-corrected chi connectivity index (χ1v) is 11.8. The summed E-state index contributed by atoms with van der Waals surface area (Å²) < 4.78 is 53.8. The van der Waals surface area contributed by atoms with E-state index in [4.69, 9.17) is 23.2 Å². The zero-order valence-corrected chi connectivity index (χ0v) is 17.6. The van der Waals surface area contributed by atoms with Crippen LogP contribution in [0.2, 0.25) is 10.0 Å². The third-order valence-electron chi connectivity index (χ3n) is 4.33. The van der Waals surface area contributed by atoms with Crippen LogP contribution in [0, 0.1) is 11.3 Å². The zero-order chi connectivity index (χ0) is 20.5. The van der Waals surface area contributed by atoms with Gasteiger partial charge in [-0.3, -0.25) is 0 Å². The topological polar surface area (TPSA) is 98.5 Å². The molecule has 7 nitrogen and oxygen atoms in total. The van der Waals surface area contributed by atoms with E-state index in [0.717, 1.165) is 4.31 Å². The molecule has 0 aromatic heterocycles. The van der Waals surface area contributed by atoms with Gasteiger partial charge in [0.25, 0.3) is 0 Å². The van der Waals surface area contributed by atoms with Gasteiger partial charge in [-0.15, -0.1) is 0 Å². The molecule has 0 spiro atoms. The van der Waals surface area contributed by atoms with Crippen molar-refractivity contribution in [3.63, 3.8) is 0 Å². The van der Waals surface area contributed by atoms with Crippen molar-refractivity contribution in [3.05, 3.63) is 58.1 Å². The van der Waals surface area contributed by atoms with Crippen molar-refractivity contribution in [3.8, 4) is 6.07 Å². The maximum absolute atomic E-state index is 12.9. The molecule has 1 saturated heterocycles. The highest BCUT2D eigenvalue weighted by atomic mass is 35.5. The van der Waals surface area contributed by atoms with Gasteiger partial charge in [0.2, 0.25) is 20.0 Å². The molecule has 148 valence electrons. The Labute approximate surface area is 173 Å². The monoisotopic (exact) mass is 459 g/mol. The van der Waals surface area contributed by atoms with E-state index >= 15 is 0 Å². The van der Waals surface area contributed by atoms with Crippen LogP contribution in [-0.2, 0) is 20.0 Å². The van der Waals surface area contributed by atoms with E-state index in [0.29, 0.717) is 0 Å². The number of rotatable bonds is 4. The molecule has 0 unspecified atom stereocenters. The Hall–Kier alpha value is -1.67. The molecule has 28 heavy (non-hydrogen) atoms.